The van der Waals surface area contributed by atoms with Crippen LogP contribution in [0.3, 0.4) is 0 Å². The van der Waals surface area contributed by atoms with Crippen molar-refractivity contribution in [2.45, 2.75) is 51.7 Å². The molecular formula is C11H23NO. The van der Waals surface area contributed by atoms with E-state index in [1.54, 1.807) is 0 Å². The van der Waals surface area contributed by atoms with Crippen LogP contribution in [0.5, 0.6) is 0 Å². The van der Waals surface area contributed by atoms with Crippen molar-refractivity contribution in [2.24, 2.45) is 11.8 Å². The van der Waals surface area contributed by atoms with Crippen LogP contribution in [0, 0.1) is 11.8 Å². The van der Waals surface area contributed by atoms with E-state index < -0.39 is 0 Å². The molecule has 0 aromatic carbocycles. The molecule has 1 atom stereocenters. The van der Waals surface area contributed by atoms with Gasteiger partial charge in [0.1, 0.15) is 0 Å². The van der Waals surface area contributed by atoms with Gasteiger partial charge in [-0.15, -0.1) is 0 Å². The summed E-state index contributed by atoms with van der Waals surface area (Å²) in [6, 6.07) is 0.632. The van der Waals surface area contributed by atoms with Gasteiger partial charge in [0.15, 0.2) is 0 Å². The summed E-state index contributed by atoms with van der Waals surface area (Å²) < 4.78 is 0. The first-order valence-electron chi connectivity index (χ1n) is 5.50. The molecule has 0 saturated heterocycles. The van der Waals surface area contributed by atoms with Crippen LogP contribution < -0.4 is 5.32 Å². The average Bonchev–Trinajstić information content (AvgIpc) is 2.09. The molecule has 0 aromatic heterocycles. The Balaban J connectivity index is 2.41. The third-order valence-electron chi connectivity index (χ3n) is 3.30. The summed E-state index contributed by atoms with van der Waals surface area (Å²) >= 11 is 0. The fourth-order valence-corrected chi connectivity index (χ4v) is 2.57. The Morgan fingerprint density at radius 3 is 2.08 bits per heavy atom. The quantitative estimate of drug-likeness (QED) is 0.702. The number of aliphatic hydroxyl groups is 1. The zero-order valence-corrected chi connectivity index (χ0v) is 9.09. The van der Waals surface area contributed by atoms with E-state index in [2.05, 4.69) is 26.2 Å². The topological polar surface area (TPSA) is 32.3 Å². The summed E-state index contributed by atoms with van der Waals surface area (Å²) in [5.41, 5.74) is 0. The molecule has 1 aliphatic carbocycles. The molecular weight excluding hydrogens is 162 g/mol. The zero-order valence-electron chi connectivity index (χ0n) is 9.09. The predicted octanol–water partition coefficient (Wildman–Crippen LogP) is 1.78. The van der Waals surface area contributed by atoms with Crippen LogP contribution in [-0.4, -0.2) is 24.3 Å². The highest BCUT2D eigenvalue weighted by Crippen LogP contribution is 2.29. The van der Waals surface area contributed by atoms with Crippen LogP contribution in [0.1, 0.15) is 39.5 Å². The highest BCUT2D eigenvalue weighted by molar-refractivity contribution is 4.82. The lowest BCUT2D eigenvalue weighted by molar-refractivity contribution is 0.0915. The van der Waals surface area contributed by atoms with E-state index >= 15 is 0 Å². The van der Waals surface area contributed by atoms with Crippen molar-refractivity contribution >= 4 is 0 Å². The Morgan fingerprint density at radius 2 is 1.69 bits per heavy atom. The van der Waals surface area contributed by atoms with Gasteiger partial charge in [0.2, 0.25) is 0 Å². The maximum atomic E-state index is 9.40. The van der Waals surface area contributed by atoms with Gasteiger partial charge in [-0.05, 0) is 44.6 Å². The normalized spacial score (nSPS) is 32.1. The van der Waals surface area contributed by atoms with Crippen molar-refractivity contribution in [3.63, 3.8) is 0 Å². The number of rotatable bonds is 3. The molecule has 1 rings (SSSR count). The second kappa shape index (κ2) is 4.97. The van der Waals surface area contributed by atoms with E-state index in [-0.39, 0.29) is 6.10 Å². The Labute approximate surface area is 81.7 Å². The zero-order chi connectivity index (χ0) is 9.84. The van der Waals surface area contributed by atoms with Crippen LogP contribution in [0.25, 0.3) is 0 Å². The molecule has 2 N–H and O–H groups in total. The van der Waals surface area contributed by atoms with Crippen molar-refractivity contribution in [1.29, 1.82) is 0 Å². The van der Waals surface area contributed by atoms with E-state index in [1.807, 2.05) is 0 Å². The van der Waals surface area contributed by atoms with E-state index in [1.165, 1.54) is 12.8 Å². The summed E-state index contributed by atoms with van der Waals surface area (Å²) in [5.74, 6) is 1.47. The van der Waals surface area contributed by atoms with Gasteiger partial charge in [0, 0.05) is 6.04 Å². The van der Waals surface area contributed by atoms with E-state index in [9.17, 15) is 5.11 Å². The monoisotopic (exact) mass is 185 g/mol. The SMILES string of the molecule is CNC(C(C)C)C1CCC(O)CC1. The maximum absolute atomic E-state index is 9.40. The van der Waals surface area contributed by atoms with Crippen LogP contribution in [0.4, 0.5) is 0 Å². The van der Waals surface area contributed by atoms with Crippen molar-refractivity contribution in [1.82, 2.24) is 5.32 Å². The van der Waals surface area contributed by atoms with Crippen molar-refractivity contribution in [3.05, 3.63) is 0 Å². The lowest BCUT2D eigenvalue weighted by Gasteiger charge is -2.34. The molecule has 0 amide bonds. The van der Waals surface area contributed by atoms with E-state index in [4.69, 9.17) is 0 Å². The average molecular weight is 185 g/mol. The Morgan fingerprint density at radius 1 is 1.15 bits per heavy atom. The standard InChI is InChI=1S/C11H23NO/c1-8(2)11(12-3)9-4-6-10(13)7-5-9/h8-13H,4-7H2,1-3H3. The highest BCUT2D eigenvalue weighted by Gasteiger charge is 2.27. The van der Waals surface area contributed by atoms with Gasteiger partial charge >= 0.3 is 0 Å². The van der Waals surface area contributed by atoms with Gasteiger partial charge in [-0.25, -0.2) is 0 Å². The van der Waals surface area contributed by atoms with Gasteiger partial charge in [-0.2, -0.15) is 0 Å². The molecule has 0 bridgehead atoms. The minimum absolute atomic E-state index is 0.0269. The van der Waals surface area contributed by atoms with Crippen LogP contribution in [-0.2, 0) is 0 Å². The Hall–Kier alpha value is -0.0800. The maximum Gasteiger partial charge on any atom is 0.0540 e. The highest BCUT2D eigenvalue weighted by atomic mass is 16.3. The number of aliphatic hydroxyl groups excluding tert-OH is 1. The molecule has 0 aromatic rings. The number of nitrogens with one attached hydrogen (secondary N) is 1. The fourth-order valence-electron chi connectivity index (χ4n) is 2.57. The second-order valence-corrected chi connectivity index (χ2v) is 4.63. The van der Waals surface area contributed by atoms with Gasteiger partial charge in [-0.1, -0.05) is 13.8 Å². The summed E-state index contributed by atoms with van der Waals surface area (Å²) in [6.45, 7) is 4.54. The lowest BCUT2D eigenvalue weighted by Crippen LogP contribution is -2.40. The lowest BCUT2D eigenvalue weighted by atomic mass is 9.79. The van der Waals surface area contributed by atoms with E-state index in [0.717, 1.165) is 18.8 Å². The van der Waals surface area contributed by atoms with Crippen molar-refractivity contribution in [3.8, 4) is 0 Å². The molecule has 0 radical (unpaired) electrons. The summed E-state index contributed by atoms with van der Waals surface area (Å²) in [6.07, 6.45) is 4.34. The molecule has 0 aliphatic heterocycles. The minimum atomic E-state index is -0.0269. The first-order chi connectivity index (χ1) is 6.15. The fraction of sp³-hybridized carbons (Fsp3) is 1.00. The largest absolute Gasteiger partial charge is 0.393 e. The van der Waals surface area contributed by atoms with Gasteiger partial charge < -0.3 is 10.4 Å². The van der Waals surface area contributed by atoms with Crippen molar-refractivity contribution in [2.75, 3.05) is 7.05 Å². The van der Waals surface area contributed by atoms with Crippen LogP contribution in [0.2, 0.25) is 0 Å². The third kappa shape index (κ3) is 2.96. The van der Waals surface area contributed by atoms with Crippen LogP contribution in [0.15, 0.2) is 0 Å². The molecule has 1 saturated carbocycles. The van der Waals surface area contributed by atoms with Crippen molar-refractivity contribution < 1.29 is 5.11 Å². The van der Waals surface area contributed by atoms with Gasteiger partial charge in [0.05, 0.1) is 6.10 Å². The molecule has 1 fully saturated rings. The molecule has 1 unspecified atom stereocenters. The smallest absolute Gasteiger partial charge is 0.0540 e. The summed E-state index contributed by atoms with van der Waals surface area (Å²) in [4.78, 5) is 0. The minimum Gasteiger partial charge on any atom is -0.393 e. The molecule has 2 heteroatoms. The van der Waals surface area contributed by atoms with Gasteiger partial charge in [0.25, 0.3) is 0 Å². The molecule has 13 heavy (non-hydrogen) atoms. The Kier molecular flexibility index (Phi) is 4.20. The van der Waals surface area contributed by atoms with Gasteiger partial charge in [-0.3, -0.25) is 0 Å². The number of hydrogen-bond acceptors (Lipinski definition) is 2. The first kappa shape index (κ1) is 11.0. The second-order valence-electron chi connectivity index (χ2n) is 4.63. The summed E-state index contributed by atoms with van der Waals surface area (Å²) in [5, 5.41) is 12.8. The van der Waals surface area contributed by atoms with E-state index in [0.29, 0.717) is 12.0 Å². The predicted molar refractivity (Wildman–Crippen MR) is 55.7 cm³/mol. The molecule has 0 heterocycles. The molecule has 0 spiro atoms. The molecule has 2 nitrogen and oxygen atoms in total. The Bertz CT molecular complexity index is 139. The summed E-state index contributed by atoms with van der Waals surface area (Å²) in [7, 11) is 2.05. The molecule has 1 aliphatic rings. The number of hydrogen-bond donors (Lipinski definition) is 2. The first-order valence-corrected chi connectivity index (χ1v) is 5.50. The van der Waals surface area contributed by atoms with Crippen LogP contribution >= 0.6 is 0 Å². The third-order valence-corrected chi connectivity index (χ3v) is 3.30. The molecule has 78 valence electrons.